The van der Waals surface area contributed by atoms with Crippen LogP contribution in [0.1, 0.15) is 42.5 Å². The molecule has 0 atom stereocenters. The zero-order valence-corrected chi connectivity index (χ0v) is 21.3. The SMILES string of the molecule is COc1cc(N2CCC3(CCN(C(=O)c4ccc(N5CCCC5)cc4)CC3)C2=O)ccc1-c1cn[nH]c1. The molecule has 0 bridgehead atoms. The maximum atomic E-state index is 13.7. The first-order chi connectivity index (χ1) is 18.1. The lowest BCUT2D eigenvalue weighted by Gasteiger charge is -2.38. The van der Waals surface area contributed by atoms with Gasteiger partial charge < -0.3 is 19.4 Å². The Labute approximate surface area is 217 Å². The number of anilines is 2. The van der Waals surface area contributed by atoms with Crippen LogP contribution >= 0.6 is 0 Å². The molecule has 1 aromatic heterocycles. The Morgan fingerprint density at radius 2 is 1.65 bits per heavy atom. The fourth-order valence-corrected chi connectivity index (χ4v) is 6.13. The summed E-state index contributed by atoms with van der Waals surface area (Å²) in [5.41, 5.74) is 4.24. The highest BCUT2D eigenvalue weighted by Crippen LogP contribution is 2.44. The van der Waals surface area contributed by atoms with E-state index in [0.717, 1.165) is 41.9 Å². The second-order valence-corrected chi connectivity index (χ2v) is 10.4. The molecule has 8 heteroatoms. The van der Waals surface area contributed by atoms with Gasteiger partial charge >= 0.3 is 0 Å². The Bertz CT molecular complexity index is 1270. The van der Waals surface area contributed by atoms with Crippen molar-refractivity contribution in [3.05, 3.63) is 60.4 Å². The van der Waals surface area contributed by atoms with Gasteiger partial charge in [-0.15, -0.1) is 0 Å². The molecule has 6 rings (SSSR count). The number of aromatic amines is 1. The maximum Gasteiger partial charge on any atom is 0.253 e. The van der Waals surface area contributed by atoms with Crippen LogP contribution in [-0.2, 0) is 4.79 Å². The average Bonchev–Trinajstić information content (AvgIpc) is 3.72. The van der Waals surface area contributed by atoms with E-state index in [2.05, 4.69) is 27.2 Å². The van der Waals surface area contributed by atoms with E-state index >= 15 is 0 Å². The number of carbonyl (C=O) groups is 2. The van der Waals surface area contributed by atoms with Crippen LogP contribution in [-0.4, -0.2) is 66.7 Å². The van der Waals surface area contributed by atoms with E-state index in [1.807, 2.05) is 46.3 Å². The number of ether oxygens (including phenoxy) is 1. The number of likely N-dealkylation sites (tertiary alicyclic amines) is 1. The number of nitrogens with zero attached hydrogens (tertiary/aromatic N) is 4. The molecule has 3 saturated heterocycles. The fraction of sp³-hybridized carbons (Fsp3) is 0.414. The number of hydrogen-bond acceptors (Lipinski definition) is 5. The maximum absolute atomic E-state index is 13.7. The number of H-pyrrole nitrogens is 1. The zero-order valence-electron chi connectivity index (χ0n) is 21.3. The molecule has 3 fully saturated rings. The first-order valence-corrected chi connectivity index (χ1v) is 13.2. The monoisotopic (exact) mass is 499 g/mol. The number of benzene rings is 2. The van der Waals surface area contributed by atoms with Gasteiger partial charge in [0.1, 0.15) is 5.75 Å². The number of nitrogens with one attached hydrogen (secondary N) is 1. The summed E-state index contributed by atoms with van der Waals surface area (Å²) in [5, 5.41) is 6.86. The van der Waals surface area contributed by atoms with Gasteiger partial charge in [0.15, 0.2) is 0 Å². The van der Waals surface area contributed by atoms with Gasteiger partial charge in [0.25, 0.3) is 5.91 Å². The summed E-state index contributed by atoms with van der Waals surface area (Å²) >= 11 is 0. The Hall–Kier alpha value is -3.81. The minimum atomic E-state index is -0.396. The van der Waals surface area contributed by atoms with Crippen LogP contribution < -0.4 is 14.5 Å². The van der Waals surface area contributed by atoms with Crippen molar-refractivity contribution in [1.29, 1.82) is 0 Å². The minimum Gasteiger partial charge on any atom is -0.496 e. The summed E-state index contributed by atoms with van der Waals surface area (Å²) in [5.74, 6) is 0.932. The van der Waals surface area contributed by atoms with E-state index < -0.39 is 5.41 Å². The second-order valence-electron chi connectivity index (χ2n) is 10.4. The highest BCUT2D eigenvalue weighted by atomic mass is 16.5. The van der Waals surface area contributed by atoms with Gasteiger partial charge in [-0.05, 0) is 68.5 Å². The molecular weight excluding hydrogens is 466 g/mol. The first kappa shape index (κ1) is 23.6. The van der Waals surface area contributed by atoms with Gasteiger partial charge in [-0.3, -0.25) is 14.7 Å². The first-order valence-electron chi connectivity index (χ1n) is 13.2. The lowest BCUT2D eigenvalue weighted by Crippen LogP contribution is -2.46. The molecular formula is C29H33N5O3. The molecule has 0 aliphatic carbocycles. The molecule has 1 N–H and O–H groups in total. The Balaban J connectivity index is 1.12. The van der Waals surface area contributed by atoms with Crippen LogP contribution in [0.15, 0.2) is 54.9 Å². The van der Waals surface area contributed by atoms with Gasteiger partial charge in [0.2, 0.25) is 5.91 Å². The van der Waals surface area contributed by atoms with Crippen molar-refractivity contribution in [1.82, 2.24) is 15.1 Å². The van der Waals surface area contributed by atoms with Gasteiger partial charge in [-0.1, -0.05) is 0 Å². The summed E-state index contributed by atoms with van der Waals surface area (Å²) in [7, 11) is 1.64. The van der Waals surface area contributed by atoms with E-state index in [1.165, 1.54) is 18.5 Å². The fourth-order valence-electron chi connectivity index (χ4n) is 6.13. The number of methoxy groups -OCH3 is 1. The van der Waals surface area contributed by atoms with E-state index in [0.29, 0.717) is 38.2 Å². The largest absolute Gasteiger partial charge is 0.496 e. The molecule has 3 aliphatic heterocycles. The zero-order chi connectivity index (χ0) is 25.4. The summed E-state index contributed by atoms with van der Waals surface area (Å²) in [6.45, 7) is 4.07. The van der Waals surface area contributed by atoms with Crippen LogP contribution in [0.2, 0.25) is 0 Å². The van der Waals surface area contributed by atoms with Crippen LogP contribution in [0.5, 0.6) is 5.75 Å². The molecule has 3 aliphatic rings. The van der Waals surface area contributed by atoms with Crippen molar-refractivity contribution in [3.63, 3.8) is 0 Å². The van der Waals surface area contributed by atoms with Crippen molar-refractivity contribution in [2.24, 2.45) is 5.41 Å². The third-order valence-corrected chi connectivity index (χ3v) is 8.41. The minimum absolute atomic E-state index is 0.0599. The molecule has 37 heavy (non-hydrogen) atoms. The number of rotatable bonds is 5. The molecule has 0 unspecified atom stereocenters. The average molecular weight is 500 g/mol. The molecule has 192 valence electrons. The van der Waals surface area contributed by atoms with Gasteiger partial charge in [0, 0.05) is 73.1 Å². The predicted molar refractivity (Wildman–Crippen MR) is 143 cm³/mol. The number of piperidine rings is 1. The molecule has 2 aromatic carbocycles. The van der Waals surface area contributed by atoms with Crippen molar-refractivity contribution in [2.75, 3.05) is 49.6 Å². The predicted octanol–water partition coefficient (Wildman–Crippen LogP) is 4.34. The molecule has 2 amide bonds. The summed E-state index contributed by atoms with van der Waals surface area (Å²) < 4.78 is 5.63. The van der Waals surface area contributed by atoms with Crippen molar-refractivity contribution in [3.8, 4) is 16.9 Å². The number of amides is 2. The third-order valence-electron chi connectivity index (χ3n) is 8.41. The van der Waals surface area contributed by atoms with Crippen molar-refractivity contribution < 1.29 is 14.3 Å². The summed E-state index contributed by atoms with van der Waals surface area (Å²) in [6, 6.07) is 13.9. The van der Waals surface area contributed by atoms with E-state index in [1.54, 1.807) is 13.3 Å². The molecule has 1 spiro atoms. The van der Waals surface area contributed by atoms with Crippen LogP contribution in [0.3, 0.4) is 0 Å². The lowest BCUT2D eigenvalue weighted by molar-refractivity contribution is -0.127. The van der Waals surface area contributed by atoms with E-state index in [9.17, 15) is 9.59 Å². The lowest BCUT2D eigenvalue weighted by atomic mass is 9.77. The van der Waals surface area contributed by atoms with E-state index in [4.69, 9.17) is 4.74 Å². The normalized spacial score (nSPS) is 19.2. The molecule has 3 aromatic rings. The molecule has 0 saturated carbocycles. The number of hydrogen-bond donors (Lipinski definition) is 1. The number of aromatic nitrogens is 2. The molecule has 4 heterocycles. The van der Waals surface area contributed by atoms with Crippen molar-refractivity contribution in [2.45, 2.75) is 32.1 Å². The standard InChI is InChI=1S/C29H33N5O3/c1-37-26-18-24(8-9-25(26)22-19-30-31-20-22)34-17-12-29(28(34)36)10-15-33(16-11-29)27(35)21-4-6-23(7-5-21)32-13-2-3-14-32/h4-9,18-20H,2-3,10-17H2,1H3,(H,30,31). The van der Waals surface area contributed by atoms with Crippen LogP contribution in [0, 0.1) is 5.41 Å². The molecule has 8 nitrogen and oxygen atoms in total. The number of carbonyl (C=O) groups excluding carboxylic acids is 2. The Morgan fingerprint density at radius 1 is 0.946 bits per heavy atom. The van der Waals surface area contributed by atoms with E-state index in [-0.39, 0.29) is 11.8 Å². The van der Waals surface area contributed by atoms with Gasteiger partial charge in [-0.2, -0.15) is 5.10 Å². The van der Waals surface area contributed by atoms with Crippen molar-refractivity contribution >= 4 is 23.2 Å². The van der Waals surface area contributed by atoms with Crippen LogP contribution in [0.25, 0.3) is 11.1 Å². The molecule has 0 radical (unpaired) electrons. The summed E-state index contributed by atoms with van der Waals surface area (Å²) in [6.07, 6.45) is 8.25. The topological polar surface area (TPSA) is 81.8 Å². The van der Waals surface area contributed by atoms with Gasteiger partial charge in [0.05, 0.1) is 18.7 Å². The smallest absolute Gasteiger partial charge is 0.253 e. The second kappa shape index (κ2) is 9.57. The Morgan fingerprint density at radius 3 is 2.32 bits per heavy atom. The van der Waals surface area contributed by atoms with Gasteiger partial charge in [-0.25, -0.2) is 0 Å². The summed E-state index contributed by atoms with van der Waals surface area (Å²) in [4.78, 5) is 33.0. The highest BCUT2D eigenvalue weighted by molar-refractivity contribution is 6.01. The van der Waals surface area contributed by atoms with Crippen LogP contribution in [0.4, 0.5) is 11.4 Å². The third kappa shape index (κ3) is 4.24. The highest BCUT2D eigenvalue weighted by Gasteiger charge is 2.49. The quantitative estimate of drug-likeness (QED) is 0.565. The Kier molecular flexibility index (Phi) is 6.10.